The lowest BCUT2D eigenvalue weighted by Crippen LogP contribution is -2.42. The maximum atomic E-state index is 12.4. The van der Waals surface area contributed by atoms with E-state index in [2.05, 4.69) is 31.0 Å². The van der Waals surface area contributed by atoms with Gasteiger partial charge in [0.1, 0.15) is 0 Å². The molecule has 0 saturated carbocycles. The van der Waals surface area contributed by atoms with Gasteiger partial charge in [0.05, 0.1) is 19.1 Å². The fraction of sp³-hybridized carbons (Fsp3) is 0.938. The van der Waals surface area contributed by atoms with E-state index < -0.39 is 0 Å². The van der Waals surface area contributed by atoms with Crippen molar-refractivity contribution in [3.63, 3.8) is 0 Å². The van der Waals surface area contributed by atoms with Crippen molar-refractivity contribution in [2.75, 3.05) is 32.8 Å². The fourth-order valence-corrected chi connectivity index (χ4v) is 3.29. The molecule has 0 spiro atoms. The van der Waals surface area contributed by atoms with Crippen LogP contribution in [-0.4, -0.2) is 49.7 Å². The van der Waals surface area contributed by atoms with Gasteiger partial charge in [-0.2, -0.15) is 0 Å². The van der Waals surface area contributed by atoms with Gasteiger partial charge in [0.2, 0.25) is 5.91 Å². The molecule has 2 heterocycles. The third-order valence-corrected chi connectivity index (χ3v) is 4.71. The van der Waals surface area contributed by atoms with Crippen LogP contribution in [0.1, 0.15) is 46.5 Å². The normalized spacial score (nSPS) is 27.7. The van der Waals surface area contributed by atoms with Gasteiger partial charge in [-0.1, -0.05) is 20.8 Å². The predicted molar refractivity (Wildman–Crippen MR) is 87.9 cm³/mol. The molecule has 0 aromatic heterocycles. The minimum absolute atomic E-state index is 0. The summed E-state index contributed by atoms with van der Waals surface area (Å²) in [4.78, 5) is 14.5. The molecule has 2 fully saturated rings. The third kappa shape index (κ3) is 5.76. The lowest BCUT2D eigenvalue weighted by molar-refractivity contribution is -0.134. The van der Waals surface area contributed by atoms with Crippen molar-refractivity contribution in [1.82, 2.24) is 10.2 Å². The number of hydrogen-bond acceptors (Lipinski definition) is 3. The smallest absolute Gasteiger partial charge is 0.225 e. The molecule has 2 atom stereocenters. The van der Waals surface area contributed by atoms with E-state index >= 15 is 0 Å². The first kappa shape index (κ1) is 18.7. The number of halogens is 1. The van der Waals surface area contributed by atoms with Crippen molar-refractivity contribution < 1.29 is 9.53 Å². The van der Waals surface area contributed by atoms with Crippen LogP contribution in [0.15, 0.2) is 0 Å². The van der Waals surface area contributed by atoms with E-state index in [-0.39, 0.29) is 24.4 Å². The van der Waals surface area contributed by atoms with Crippen molar-refractivity contribution in [2.45, 2.75) is 52.6 Å². The second-order valence-corrected chi connectivity index (χ2v) is 7.28. The van der Waals surface area contributed by atoms with Crippen LogP contribution in [0.3, 0.4) is 0 Å². The molecule has 21 heavy (non-hydrogen) atoms. The second-order valence-electron chi connectivity index (χ2n) is 7.28. The van der Waals surface area contributed by atoms with Crippen molar-refractivity contribution in [3.8, 4) is 0 Å². The highest BCUT2D eigenvalue weighted by Gasteiger charge is 2.29. The molecule has 0 bridgehead atoms. The first-order valence-electron chi connectivity index (χ1n) is 8.07. The van der Waals surface area contributed by atoms with E-state index in [0.717, 1.165) is 51.5 Å². The van der Waals surface area contributed by atoms with Gasteiger partial charge in [-0.3, -0.25) is 4.79 Å². The van der Waals surface area contributed by atoms with Gasteiger partial charge < -0.3 is 15.0 Å². The summed E-state index contributed by atoms with van der Waals surface area (Å²) >= 11 is 0. The van der Waals surface area contributed by atoms with Gasteiger partial charge in [-0.05, 0) is 30.6 Å². The fourth-order valence-electron chi connectivity index (χ4n) is 3.29. The van der Waals surface area contributed by atoms with Crippen LogP contribution in [0.4, 0.5) is 0 Å². The Hall–Kier alpha value is -0.320. The lowest BCUT2D eigenvalue weighted by Gasteiger charge is -2.30. The van der Waals surface area contributed by atoms with Crippen LogP contribution in [0.2, 0.25) is 0 Å². The van der Waals surface area contributed by atoms with E-state index in [1.165, 1.54) is 6.42 Å². The molecule has 0 aliphatic carbocycles. The molecule has 0 aromatic rings. The van der Waals surface area contributed by atoms with Crippen LogP contribution in [0.25, 0.3) is 0 Å². The highest BCUT2D eigenvalue weighted by molar-refractivity contribution is 5.85. The molecule has 2 aliphatic rings. The van der Waals surface area contributed by atoms with Gasteiger partial charge in [0.25, 0.3) is 0 Å². The second kappa shape index (κ2) is 8.35. The summed E-state index contributed by atoms with van der Waals surface area (Å²) in [5.74, 6) is 1.00. The van der Waals surface area contributed by atoms with Crippen LogP contribution in [-0.2, 0) is 9.53 Å². The van der Waals surface area contributed by atoms with Crippen LogP contribution >= 0.6 is 12.4 Å². The standard InChI is InChI=1S/C16H30N2O2.ClH/c1-16(2,3)13-5-4-8-18(9-6-13)15(19)11-14-12-17-7-10-20-14;/h13-14,17H,4-12H2,1-3H3;1H. The zero-order valence-electron chi connectivity index (χ0n) is 13.7. The molecule has 0 radical (unpaired) electrons. The number of hydrogen-bond donors (Lipinski definition) is 1. The Morgan fingerprint density at radius 2 is 2.05 bits per heavy atom. The van der Waals surface area contributed by atoms with Crippen LogP contribution < -0.4 is 5.32 Å². The number of carbonyl (C=O) groups is 1. The number of likely N-dealkylation sites (tertiary alicyclic amines) is 1. The SMILES string of the molecule is CC(C)(C)C1CCCN(C(=O)CC2CNCCO2)CC1.Cl. The Kier molecular flexibility index (Phi) is 7.45. The molecule has 5 heteroatoms. The number of nitrogens with zero attached hydrogens (tertiary/aromatic N) is 1. The van der Waals surface area contributed by atoms with E-state index in [0.29, 0.717) is 11.8 Å². The van der Waals surface area contributed by atoms with Crippen molar-refractivity contribution in [1.29, 1.82) is 0 Å². The summed E-state index contributed by atoms with van der Waals surface area (Å²) < 4.78 is 5.64. The number of amides is 1. The largest absolute Gasteiger partial charge is 0.375 e. The number of nitrogens with one attached hydrogen (secondary N) is 1. The molecule has 2 aliphatic heterocycles. The number of carbonyl (C=O) groups excluding carboxylic acids is 1. The maximum Gasteiger partial charge on any atom is 0.225 e. The molecule has 4 nitrogen and oxygen atoms in total. The summed E-state index contributed by atoms with van der Waals surface area (Å²) in [6.45, 7) is 11.2. The first-order valence-corrected chi connectivity index (χ1v) is 8.07. The number of rotatable bonds is 2. The van der Waals surface area contributed by atoms with E-state index in [4.69, 9.17) is 4.74 Å². The highest BCUT2D eigenvalue weighted by atomic mass is 35.5. The average molecular weight is 319 g/mol. The average Bonchev–Trinajstić information content (AvgIpc) is 2.65. The minimum Gasteiger partial charge on any atom is -0.375 e. The van der Waals surface area contributed by atoms with Crippen molar-refractivity contribution in [2.24, 2.45) is 11.3 Å². The molecular weight excluding hydrogens is 288 g/mol. The topological polar surface area (TPSA) is 41.6 Å². The van der Waals surface area contributed by atoms with Crippen LogP contribution in [0, 0.1) is 11.3 Å². The van der Waals surface area contributed by atoms with E-state index in [1.807, 2.05) is 0 Å². The van der Waals surface area contributed by atoms with Gasteiger partial charge >= 0.3 is 0 Å². The molecule has 1 N–H and O–H groups in total. The van der Waals surface area contributed by atoms with E-state index in [9.17, 15) is 4.79 Å². The Morgan fingerprint density at radius 3 is 2.67 bits per heavy atom. The van der Waals surface area contributed by atoms with Crippen molar-refractivity contribution in [3.05, 3.63) is 0 Å². The predicted octanol–water partition coefficient (Wildman–Crippen LogP) is 2.46. The third-order valence-electron chi connectivity index (χ3n) is 4.71. The summed E-state index contributed by atoms with van der Waals surface area (Å²) in [6.07, 6.45) is 4.12. The zero-order valence-corrected chi connectivity index (χ0v) is 14.5. The molecule has 124 valence electrons. The number of morpholine rings is 1. The van der Waals surface area contributed by atoms with E-state index in [1.54, 1.807) is 0 Å². The summed E-state index contributed by atoms with van der Waals surface area (Å²) in [6, 6.07) is 0. The van der Waals surface area contributed by atoms with Gasteiger partial charge in [-0.15, -0.1) is 12.4 Å². The monoisotopic (exact) mass is 318 g/mol. The minimum atomic E-state index is 0. The lowest BCUT2D eigenvalue weighted by atomic mass is 9.77. The molecule has 2 saturated heterocycles. The Morgan fingerprint density at radius 1 is 1.29 bits per heavy atom. The zero-order chi connectivity index (χ0) is 14.6. The maximum absolute atomic E-state index is 12.4. The van der Waals surface area contributed by atoms with Gasteiger partial charge in [0.15, 0.2) is 0 Å². The molecule has 2 unspecified atom stereocenters. The quantitative estimate of drug-likeness (QED) is 0.850. The van der Waals surface area contributed by atoms with Crippen LogP contribution in [0.5, 0.6) is 0 Å². The molecule has 1 amide bonds. The first-order chi connectivity index (χ1) is 9.47. The summed E-state index contributed by atoms with van der Waals surface area (Å²) in [5.41, 5.74) is 0.357. The Labute approximate surface area is 135 Å². The Balaban J connectivity index is 0.00000220. The Bertz CT molecular complexity index is 325. The number of ether oxygens (including phenoxy) is 1. The summed E-state index contributed by atoms with van der Waals surface area (Å²) in [7, 11) is 0. The highest BCUT2D eigenvalue weighted by Crippen LogP contribution is 2.34. The summed E-state index contributed by atoms with van der Waals surface area (Å²) in [5, 5.41) is 3.29. The molecule has 0 aromatic carbocycles. The van der Waals surface area contributed by atoms with Gasteiger partial charge in [0, 0.05) is 26.2 Å². The van der Waals surface area contributed by atoms with Gasteiger partial charge in [-0.25, -0.2) is 0 Å². The molecule has 2 rings (SSSR count). The van der Waals surface area contributed by atoms with Crippen molar-refractivity contribution >= 4 is 18.3 Å². The molecular formula is C16H31ClN2O2.